The molecule has 6 heteroatoms. The Morgan fingerprint density at radius 3 is 2.93 bits per heavy atom. The summed E-state index contributed by atoms with van der Waals surface area (Å²) in [6.07, 6.45) is 0. The number of non-ortho nitro benzene ring substituents is 1. The third-order valence-corrected chi connectivity index (χ3v) is 2.36. The smallest absolute Gasteiger partial charge is 0.271 e. The summed E-state index contributed by atoms with van der Waals surface area (Å²) in [6.45, 7) is 0. The molecule has 2 rings (SSSR count). The van der Waals surface area contributed by atoms with E-state index in [4.69, 9.17) is 11.6 Å². The Morgan fingerprint density at radius 1 is 1.57 bits per heavy atom. The fourth-order valence-corrected chi connectivity index (χ4v) is 1.44. The van der Waals surface area contributed by atoms with Gasteiger partial charge in [-0.15, -0.1) is 0 Å². The number of benzene rings is 1. The molecule has 0 bridgehead atoms. The van der Waals surface area contributed by atoms with Gasteiger partial charge in [-0.25, -0.2) is 4.98 Å². The standard InChI is InChI=1S/C8H6ClN3O2/c1-11-7-4-5(12(13)14)2-3-6(7)10-8(11)9/h2-4H,1H3. The molecule has 0 radical (unpaired) electrons. The van der Waals surface area contributed by atoms with Crippen molar-refractivity contribution < 1.29 is 4.92 Å². The summed E-state index contributed by atoms with van der Waals surface area (Å²) in [5.41, 5.74) is 1.35. The summed E-state index contributed by atoms with van der Waals surface area (Å²) in [5.74, 6) is 0. The first-order valence-corrected chi connectivity index (χ1v) is 4.24. The van der Waals surface area contributed by atoms with Crippen molar-refractivity contribution in [2.75, 3.05) is 0 Å². The number of nitro benzene ring substituents is 1. The SMILES string of the molecule is Cn1c(Cl)nc2ccc([N+](=O)[O-])cc21. The van der Waals surface area contributed by atoms with Gasteiger partial charge in [0.1, 0.15) is 0 Å². The summed E-state index contributed by atoms with van der Waals surface area (Å²) < 4.78 is 1.60. The normalized spacial score (nSPS) is 10.7. The van der Waals surface area contributed by atoms with E-state index in [0.29, 0.717) is 16.3 Å². The van der Waals surface area contributed by atoms with Crippen molar-refractivity contribution in [1.29, 1.82) is 0 Å². The lowest BCUT2D eigenvalue weighted by atomic mass is 10.3. The van der Waals surface area contributed by atoms with Gasteiger partial charge >= 0.3 is 0 Å². The van der Waals surface area contributed by atoms with Gasteiger partial charge in [0.15, 0.2) is 0 Å². The first-order chi connectivity index (χ1) is 6.59. The second kappa shape index (κ2) is 2.95. The van der Waals surface area contributed by atoms with Crippen LogP contribution in [0.2, 0.25) is 5.28 Å². The summed E-state index contributed by atoms with van der Waals surface area (Å²) >= 11 is 5.77. The first-order valence-electron chi connectivity index (χ1n) is 3.86. The van der Waals surface area contributed by atoms with Crippen molar-refractivity contribution in [2.45, 2.75) is 0 Å². The highest BCUT2D eigenvalue weighted by Crippen LogP contribution is 2.22. The zero-order chi connectivity index (χ0) is 10.3. The monoisotopic (exact) mass is 211 g/mol. The molecular weight excluding hydrogens is 206 g/mol. The fraction of sp³-hybridized carbons (Fsp3) is 0.125. The molecule has 14 heavy (non-hydrogen) atoms. The molecule has 0 spiro atoms. The van der Waals surface area contributed by atoms with Crippen LogP contribution in [0, 0.1) is 10.1 Å². The van der Waals surface area contributed by atoms with E-state index in [9.17, 15) is 10.1 Å². The number of aryl methyl sites for hydroxylation is 1. The number of rotatable bonds is 1. The lowest BCUT2D eigenvalue weighted by Crippen LogP contribution is -1.90. The molecular formula is C8H6ClN3O2. The molecule has 2 aromatic rings. The van der Waals surface area contributed by atoms with E-state index in [0.717, 1.165) is 0 Å². The van der Waals surface area contributed by atoms with E-state index in [1.54, 1.807) is 17.7 Å². The molecule has 1 aromatic carbocycles. The number of hydrogen-bond donors (Lipinski definition) is 0. The fourth-order valence-electron chi connectivity index (χ4n) is 1.26. The van der Waals surface area contributed by atoms with Crippen LogP contribution in [0.5, 0.6) is 0 Å². The largest absolute Gasteiger partial charge is 0.318 e. The van der Waals surface area contributed by atoms with Gasteiger partial charge in [-0.05, 0) is 17.7 Å². The first kappa shape index (κ1) is 8.96. The highest BCUT2D eigenvalue weighted by molar-refractivity contribution is 6.29. The van der Waals surface area contributed by atoms with Gasteiger partial charge in [-0.3, -0.25) is 10.1 Å². The Kier molecular flexibility index (Phi) is 1.89. The highest BCUT2D eigenvalue weighted by Gasteiger charge is 2.10. The number of nitro groups is 1. The van der Waals surface area contributed by atoms with Gasteiger partial charge in [-0.2, -0.15) is 0 Å². The van der Waals surface area contributed by atoms with Gasteiger partial charge in [-0.1, -0.05) is 0 Å². The van der Waals surface area contributed by atoms with Gasteiger partial charge in [0.2, 0.25) is 5.28 Å². The van der Waals surface area contributed by atoms with Crippen molar-refractivity contribution >= 4 is 28.3 Å². The molecule has 1 aromatic heterocycles. The number of aromatic nitrogens is 2. The van der Waals surface area contributed by atoms with Crippen molar-refractivity contribution in [3.05, 3.63) is 33.6 Å². The van der Waals surface area contributed by atoms with Crippen LogP contribution < -0.4 is 0 Å². The number of fused-ring (bicyclic) bond motifs is 1. The Labute approximate surface area is 84.1 Å². The Hall–Kier alpha value is -1.62. The van der Waals surface area contributed by atoms with Gasteiger partial charge in [0.05, 0.1) is 16.0 Å². The molecule has 0 N–H and O–H groups in total. The lowest BCUT2D eigenvalue weighted by Gasteiger charge is -1.94. The van der Waals surface area contributed by atoms with Crippen LogP contribution in [0.25, 0.3) is 11.0 Å². The zero-order valence-electron chi connectivity index (χ0n) is 7.27. The average molecular weight is 212 g/mol. The van der Waals surface area contributed by atoms with E-state index >= 15 is 0 Å². The van der Waals surface area contributed by atoms with Gasteiger partial charge in [0.25, 0.3) is 5.69 Å². The zero-order valence-corrected chi connectivity index (χ0v) is 8.02. The number of hydrogen-bond acceptors (Lipinski definition) is 3. The van der Waals surface area contributed by atoms with Crippen LogP contribution in [-0.4, -0.2) is 14.5 Å². The second-order valence-electron chi connectivity index (χ2n) is 2.87. The van der Waals surface area contributed by atoms with E-state index in [1.807, 2.05) is 0 Å². The third kappa shape index (κ3) is 1.22. The summed E-state index contributed by atoms with van der Waals surface area (Å²) in [6, 6.07) is 4.44. The number of imidazole rings is 1. The van der Waals surface area contributed by atoms with Crippen LogP contribution in [0.15, 0.2) is 18.2 Å². The van der Waals surface area contributed by atoms with Crippen molar-refractivity contribution in [3.63, 3.8) is 0 Å². The molecule has 0 saturated carbocycles. The van der Waals surface area contributed by atoms with E-state index in [1.165, 1.54) is 12.1 Å². The maximum absolute atomic E-state index is 10.5. The van der Waals surface area contributed by atoms with Crippen molar-refractivity contribution in [2.24, 2.45) is 7.05 Å². The minimum Gasteiger partial charge on any atom is -0.318 e. The van der Waals surface area contributed by atoms with Crippen LogP contribution in [0.4, 0.5) is 5.69 Å². The third-order valence-electron chi connectivity index (χ3n) is 2.02. The molecule has 0 aliphatic rings. The Morgan fingerprint density at radius 2 is 2.29 bits per heavy atom. The van der Waals surface area contributed by atoms with Crippen molar-refractivity contribution in [1.82, 2.24) is 9.55 Å². The van der Waals surface area contributed by atoms with Gasteiger partial charge in [0, 0.05) is 19.2 Å². The number of nitrogens with zero attached hydrogens (tertiary/aromatic N) is 3. The maximum atomic E-state index is 10.5. The molecule has 0 aliphatic carbocycles. The van der Waals surface area contributed by atoms with E-state index in [2.05, 4.69) is 4.98 Å². The van der Waals surface area contributed by atoms with Crippen LogP contribution in [0.1, 0.15) is 0 Å². The molecule has 5 nitrogen and oxygen atoms in total. The predicted molar refractivity (Wildman–Crippen MR) is 52.4 cm³/mol. The quantitative estimate of drug-likeness (QED) is 0.536. The summed E-state index contributed by atoms with van der Waals surface area (Å²) in [4.78, 5) is 14.1. The molecule has 0 fully saturated rings. The van der Waals surface area contributed by atoms with Crippen LogP contribution in [-0.2, 0) is 7.05 Å². The Bertz CT molecular complexity index is 521. The van der Waals surface area contributed by atoms with Crippen molar-refractivity contribution in [3.8, 4) is 0 Å². The highest BCUT2D eigenvalue weighted by atomic mass is 35.5. The van der Waals surface area contributed by atoms with E-state index in [-0.39, 0.29) is 5.69 Å². The molecule has 72 valence electrons. The minimum absolute atomic E-state index is 0.0390. The maximum Gasteiger partial charge on any atom is 0.271 e. The van der Waals surface area contributed by atoms with Crippen LogP contribution in [0.3, 0.4) is 0 Å². The molecule has 0 saturated heterocycles. The second-order valence-corrected chi connectivity index (χ2v) is 3.21. The molecule has 1 heterocycles. The molecule has 0 atom stereocenters. The number of halogens is 1. The lowest BCUT2D eigenvalue weighted by molar-refractivity contribution is -0.384. The average Bonchev–Trinajstić information content (AvgIpc) is 2.43. The molecule has 0 amide bonds. The van der Waals surface area contributed by atoms with Crippen LogP contribution >= 0.6 is 11.6 Å². The predicted octanol–water partition coefficient (Wildman–Crippen LogP) is 2.13. The topological polar surface area (TPSA) is 61.0 Å². The summed E-state index contributed by atoms with van der Waals surface area (Å²) in [5, 5.41) is 10.8. The minimum atomic E-state index is -0.444. The molecule has 0 unspecified atom stereocenters. The van der Waals surface area contributed by atoms with E-state index < -0.39 is 4.92 Å². The Balaban J connectivity index is 2.76. The summed E-state index contributed by atoms with van der Waals surface area (Å²) in [7, 11) is 1.71. The molecule has 0 aliphatic heterocycles. The van der Waals surface area contributed by atoms with Gasteiger partial charge < -0.3 is 4.57 Å².